The highest BCUT2D eigenvalue weighted by Gasteiger charge is 2.37. The van der Waals surface area contributed by atoms with Gasteiger partial charge in [-0.2, -0.15) is 0 Å². The van der Waals surface area contributed by atoms with Crippen molar-refractivity contribution in [2.24, 2.45) is 0 Å². The number of nitro groups is 1. The van der Waals surface area contributed by atoms with Crippen LogP contribution >= 0.6 is 23.4 Å². The normalized spacial score (nSPS) is 16.5. The van der Waals surface area contributed by atoms with Crippen LogP contribution in [-0.4, -0.2) is 58.0 Å². The molecule has 2 aliphatic heterocycles. The van der Waals surface area contributed by atoms with E-state index in [1.165, 1.54) is 18.2 Å². The molecule has 0 N–H and O–H groups in total. The highest BCUT2D eigenvalue weighted by Crippen LogP contribution is 2.39. The van der Waals surface area contributed by atoms with Crippen LogP contribution < -0.4 is 9.47 Å². The number of imide groups is 1. The van der Waals surface area contributed by atoms with Crippen LogP contribution in [-0.2, 0) is 16.2 Å². The number of carbonyl (C=O) groups excluding carboxylic acids is 3. The van der Waals surface area contributed by atoms with Gasteiger partial charge < -0.3 is 14.4 Å². The number of likely N-dealkylation sites (tertiary alicyclic amines) is 1. The van der Waals surface area contributed by atoms with Crippen molar-refractivity contribution < 1.29 is 28.8 Å². The van der Waals surface area contributed by atoms with Crippen LogP contribution in [0.2, 0.25) is 5.02 Å². The average Bonchev–Trinajstić information content (AvgIpc) is 3.49. The number of carbonyl (C=O) groups is 3. The number of thioether (sulfide) groups is 1. The van der Waals surface area contributed by atoms with Crippen LogP contribution in [0.5, 0.6) is 11.5 Å². The molecule has 3 amide bonds. The first-order valence-electron chi connectivity index (χ1n) is 11.6. The van der Waals surface area contributed by atoms with Crippen LogP contribution in [0.1, 0.15) is 30.9 Å². The minimum atomic E-state index is -0.532. The minimum absolute atomic E-state index is 0.0223. The Morgan fingerprint density at radius 2 is 1.86 bits per heavy atom. The molecule has 2 saturated heterocycles. The highest BCUT2D eigenvalue weighted by molar-refractivity contribution is 8.18. The van der Waals surface area contributed by atoms with Crippen molar-refractivity contribution >= 4 is 52.2 Å². The summed E-state index contributed by atoms with van der Waals surface area (Å²) in [5.74, 6) is -0.151. The SMILES string of the molecule is CCOc1cc(/C=C2/SC(=O)N(CC(=O)N3CCCC3)C2=O)cc(Cl)c1OCc1ccc([N+](=O)[O-])cc1. The molecule has 194 valence electrons. The Bertz CT molecular complexity index is 1260. The standard InChI is InChI=1S/C25H24ClN3O7S/c1-2-35-20-12-17(11-19(26)23(20)36-15-16-5-7-18(8-6-16)29(33)34)13-21-24(31)28(25(32)37-21)14-22(30)27-9-3-4-10-27/h5-8,11-13H,2-4,9-10,14-15H2,1H3/b21-13+. The molecule has 2 fully saturated rings. The van der Waals surface area contributed by atoms with E-state index in [1.807, 2.05) is 0 Å². The van der Waals surface area contributed by atoms with E-state index >= 15 is 0 Å². The lowest BCUT2D eigenvalue weighted by molar-refractivity contribution is -0.384. The smallest absolute Gasteiger partial charge is 0.294 e. The summed E-state index contributed by atoms with van der Waals surface area (Å²) in [5, 5.41) is 10.6. The zero-order valence-corrected chi connectivity index (χ0v) is 21.5. The lowest BCUT2D eigenvalue weighted by Crippen LogP contribution is -2.40. The highest BCUT2D eigenvalue weighted by atomic mass is 35.5. The fourth-order valence-electron chi connectivity index (χ4n) is 3.93. The van der Waals surface area contributed by atoms with Crippen LogP contribution in [0, 0.1) is 10.1 Å². The topological polar surface area (TPSA) is 119 Å². The summed E-state index contributed by atoms with van der Waals surface area (Å²) in [7, 11) is 0. The van der Waals surface area contributed by atoms with Gasteiger partial charge in [0.2, 0.25) is 5.91 Å². The molecule has 2 aromatic rings. The number of non-ortho nitro benzene ring substituents is 1. The summed E-state index contributed by atoms with van der Waals surface area (Å²) in [4.78, 5) is 50.9. The van der Waals surface area contributed by atoms with Gasteiger partial charge in [0.25, 0.3) is 16.8 Å². The van der Waals surface area contributed by atoms with E-state index in [0.29, 0.717) is 36.6 Å². The lowest BCUT2D eigenvalue weighted by Gasteiger charge is -2.18. The lowest BCUT2D eigenvalue weighted by atomic mass is 10.1. The third-order valence-corrected chi connectivity index (χ3v) is 6.97. The van der Waals surface area contributed by atoms with Crippen LogP contribution in [0.3, 0.4) is 0 Å². The first-order valence-corrected chi connectivity index (χ1v) is 12.8. The van der Waals surface area contributed by atoms with E-state index < -0.39 is 16.1 Å². The maximum absolute atomic E-state index is 12.9. The number of benzene rings is 2. The van der Waals surface area contributed by atoms with Gasteiger partial charge in [-0.25, -0.2) is 0 Å². The van der Waals surface area contributed by atoms with E-state index in [2.05, 4.69) is 0 Å². The minimum Gasteiger partial charge on any atom is -0.490 e. The second kappa shape index (κ2) is 11.7. The molecular formula is C25H24ClN3O7S. The van der Waals surface area contributed by atoms with Crippen molar-refractivity contribution in [3.8, 4) is 11.5 Å². The average molecular weight is 546 g/mol. The zero-order chi connectivity index (χ0) is 26.5. The molecule has 2 aromatic carbocycles. The molecule has 0 atom stereocenters. The van der Waals surface area contributed by atoms with Gasteiger partial charge >= 0.3 is 0 Å². The van der Waals surface area contributed by atoms with Crippen LogP contribution in [0.25, 0.3) is 6.08 Å². The van der Waals surface area contributed by atoms with Crippen LogP contribution in [0.15, 0.2) is 41.3 Å². The molecule has 0 aliphatic carbocycles. The van der Waals surface area contributed by atoms with Crippen molar-refractivity contribution in [1.82, 2.24) is 9.80 Å². The maximum Gasteiger partial charge on any atom is 0.294 e. The van der Waals surface area contributed by atoms with Gasteiger partial charge in [0.05, 0.1) is 21.5 Å². The first-order chi connectivity index (χ1) is 17.8. The maximum atomic E-state index is 12.9. The summed E-state index contributed by atoms with van der Waals surface area (Å²) in [6.07, 6.45) is 3.37. The second-order valence-corrected chi connectivity index (χ2v) is 9.73. The Labute approximate surface area is 222 Å². The summed E-state index contributed by atoms with van der Waals surface area (Å²) >= 11 is 7.25. The Morgan fingerprint density at radius 1 is 1.16 bits per heavy atom. The van der Waals surface area contributed by atoms with Crippen molar-refractivity contribution in [2.45, 2.75) is 26.4 Å². The molecule has 37 heavy (non-hydrogen) atoms. The Hall–Kier alpha value is -3.57. The summed E-state index contributed by atoms with van der Waals surface area (Å²) in [6, 6.07) is 9.18. The molecule has 0 spiro atoms. The largest absolute Gasteiger partial charge is 0.490 e. The predicted octanol–water partition coefficient (Wildman–Crippen LogP) is 4.88. The number of ether oxygens (including phenoxy) is 2. The molecule has 0 aromatic heterocycles. The number of rotatable bonds is 9. The van der Waals surface area contributed by atoms with E-state index in [9.17, 15) is 24.5 Å². The molecule has 0 saturated carbocycles. The fourth-order valence-corrected chi connectivity index (χ4v) is 5.05. The van der Waals surface area contributed by atoms with Gasteiger partial charge in [0.1, 0.15) is 13.2 Å². The molecule has 12 heteroatoms. The van der Waals surface area contributed by atoms with Gasteiger partial charge in [-0.1, -0.05) is 11.6 Å². The van der Waals surface area contributed by atoms with E-state index in [4.69, 9.17) is 21.1 Å². The monoisotopic (exact) mass is 545 g/mol. The molecule has 10 nitrogen and oxygen atoms in total. The Kier molecular flexibility index (Phi) is 8.34. The van der Waals surface area contributed by atoms with Crippen molar-refractivity contribution in [3.63, 3.8) is 0 Å². The van der Waals surface area contributed by atoms with E-state index in [1.54, 1.807) is 36.1 Å². The molecule has 0 radical (unpaired) electrons. The Morgan fingerprint density at radius 3 is 2.51 bits per heavy atom. The molecule has 2 aliphatic rings. The number of nitro benzene ring substituents is 1. The summed E-state index contributed by atoms with van der Waals surface area (Å²) < 4.78 is 11.5. The molecule has 0 bridgehead atoms. The zero-order valence-electron chi connectivity index (χ0n) is 20.0. The number of hydrogen-bond donors (Lipinski definition) is 0. The van der Waals surface area contributed by atoms with Gasteiger partial charge in [0, 0.05) is 25.2 Å². The summed E-state index contributed by atoms with van der Waals surface area (Å²) in [5.41, 5.74) is 1.20. The summed E-state index contributed by atoms with van der Waals surface area (Å²) in [6.45, 7) is 3.22. The third-order valence-electron chi connectivity index (χ3n) is 5.79. The number of nitrogens with zero attached hydrogens (tertiary/aromatic N) is 3. The quantitative estimate of drug-likeness (QED) is 0.248. The van der Waals surface area contributed by atoms with Gasteiger partial charge in [0.15, 0.2) is 11.5 Å². The van der Waals surface area contributed by atoms with Crippen molar-refractivity contribution in [1.29, 1.82) is 0 Å². The fraction of sp³-hybridized carbons (Fsp3) is 0.320. The van der Waals surface area contributed by atoms with Crippen molar-refractivity contribution in [2.75, 3.05) is 26.2 Å². The van der Waals surface area contributed by atoms with Gasteiger partial charge in [-0.05, 0) is 73.0 Å². The van der Waals surface area contributed by atoms with Gasteiger partial charge in [-0.3, -0.25) is 29.4 Å². The van der Waals surface area contributed by atoms with Gasteiger partial charge in [-0.15, -0.1) is 0 Å². The Balaban J connectivity index is 1.50. The third kappa shape index (κ3) is 6.23. The number of amides is 3. The van der Waals surface area contributed by atoms with Crippen LogP contribution in [0.4, 0.5) is 10.5 Å². The predicted molar refractivity (Wildman–Crippen MR) is 139 cm³/mol. The van der Waals surface area contributed by atoms with E-state index in [-0.39, 0.29) is 40.4 Å². The van der Waals surface area contributed by atoms with E-state index in [0.717, 1.165) is 29.5 Å². The molecule has 2 heterocycles. The molecule has 0 unspecified atom stereocenters. The first kappa shape index (κ1) is 26.5. The second-order valence-electron chi connectivity index (χ2n) is 8.33. The molecular weight excluding hydrogens is 522 g/mol. The number of hydrogen-bond acceptors (Lipinski definition) is 8. The molecule has 4 rings (SSSR count). The number of halogens is 1. The van der Waals surface area contributed by atoms with Crippen molar-refractivity contribution in [3.05, 3.63) is 67.6 Å².